The number of hydrogen-bond donors (Lipinski definition) is 0. The van der Waals surface area contributed by atoms with Gasteiger partial charge in [0.05, 0.1) is 0 Å². The highest BCUT2D eigenvalue weighted by Crippen LogP contribution is 2.65. The van der Waals surface area contributed by atoms with Crippen molar-refractivity contribution < 1.29 is 96.6 Å². The summed E-state index contributed by atoms with van der Waals surface area (Å²) in [4.78, 5) is 0. The Kier molecular flexibility index (Phi) is 7.03. The molecule has 0 bridgehead atoms. The molecule has 0 radical (unpaired) electrons. The van der Waals surface area contributed by atoms with Crippen molar-refractivity contribution in [2.75, 3.05) is 0 Å². The minimum Gasteiger partial charge on any atom is -0.194 e. The molecule has 0 nitrogen and oxygen atoms in total. The standard InChI is InChI=1S/C14H4F22/c15-5(16,7(19,20)9(23,24)10(25,26)12(29,30)14(34,35)36)3-1-2-4(3)6(17,18)8(21,22)11(27,28)13(31,32)33/h1-2H2. The van der Waals surface area contributed by atoms with E-state index in [1.807, 2.05) is 0 Å². The first-order chi connectivity index (χ1) is 15.2. The van der Waals surface area contributed by atoms with Gasteiger partial charge in [0.1, 0.15) is 0 Å². The first-order valence-electron chi connectivity index (χ1n) is 8.11. The number of halogens is 22. The first kappa shape index (κ1) is 32.2. The molecule has 36 heavy (non-hydrogen) atoms. The van der Waals surface area contributed by atoms with Gasteiger partial charge in [-0.3, -0.25) is 0 Å². The molecule has 0 aromatic heterocycles. The summed E-state index contributed by atoms with van der Waals surface area (Å²) in [5.41, 5.74) is -7.15. The highest BCUT2D eigenvalue weighted by Gasteiger charge is 2.91. The van der Waals surface area contributed by atoms with Gasteiger partial charge in [-0.2, -0.15) is 96.6 Å². The SMILES string of the molecule is FC(F)(F)C(F)(F)C(F)(F)C(F)(F)C1=C(C(F)(F)C(F)(F)C(F)(F)C(F)(F)C(F)(F)C(F)(F)F)CC1. The molecule has 0 amide bonds. The van der Waals surface area contributed by atoms with Crippen molar-refractivity contribution in [3.8, 4) is 0 Å². The predicted octanol–water partition coefficient (Wildman–Crippen LogP) is 8.28. The van der Waals surface area contributed by atoms with Crippen LogP contribution in [-0.4, -0.2) is 59.7 Å². The maximum absolute atomic E-state index is 13.9. The zero-order valence-corrected chi connectivity index (χ0v) is 15.7. The van der Waals surface area contributed by atoms with Crippen LogP contribution in [0.5, 0.6) is 0 Å². The van der Waals surface area contributed by atoms with Crippen molar-refractivity contribution in [2.45, 2.75) is 72.6 Å². The average Bonchev–Trinajstić information content (AvgIpc) is 2.56. The summed E-state index contributed by atoms with van der Waals surface area (Å²) >= 11 is 0. The molecule has 0 N–H and O–H groups in total. The minimum atomic E-state index is -8.54. The van der Waals surface area contributed by atoms with E-state index < -0.39 is 83.7 Å². The van der Waals surface area contributed by atoms with Crippen LogP contribution in [0, 0.1) is 0 Å². The molecule has 1 aliphatic carbocycles. The van der Waals surface area contributed by atoms with Gasteiger partial charge in [-0.25, -0.2) is 0 Å². The molecular weight excluding hydrogens is 586 g/mol. The molecule has 214 valence electrons. The van der Waals surface area contributed by atoms with Crippen molar-refractivity contribution in [1.29, 1.82) is 0 Å². The van der Waals surface area contributed by atoms with Crippen molar-refractivity contribution >= 4 is 0 Å². The fourth-order valence-corrected chi connectivity index (χ4v) is 2.59. The van der Waals surface area contributed by atoms with Crippen LogP contribution in [-0.2, 0) is 0 Å². The van der Waals surface area contributed by atoms with E-state index in [0.29, 0.717) is 0 Å². The van der Waals surface area contributed by atoms with Crippen molar-refractivity contribution in [1.82, 2.24) is 0 Å². The Morgan fingerprint density at radius 1 is 0.278 bits per heavy atom. The van der Waals surface area contributed by atoms with Crippen LogP contribution in [0.15, 0.2) is 11.1 Å². The molecule has 22 heteroatoms. The van der Waals surface area contributed by atoms with Crippen molar-refractivity contribution in [3.63, 3.8) is 0 Å². The summed E-state index contributed by atoms with van der Waals surface area (Å²) in [6, 6.07) is 0. The number of alkyl halides is 22. The summed E-state index contributed by atoms with van der Waals surface area (Å²) < 4.78 is 286. The molecule has 0 heterocycles. The van der Waals surface area contributed by atoms with E-state index in [2.05, 4.69) is 0 Å². The zero-order valence-electron chi connectivity index (χ0n) is 15.7. The number of hydrogen-bond acceptors (Lipinski definition) is 0. The largest absolute Gasteiger partial charge is 0.460 e. The van der Waals surface area contributed by atoms with E-state index in [0.717, 1.165) is 0 Å². The molecule has 0 unspecified atom stereocenters. The monoisotopic (exact) mass is 590 g/mol. The lowest BCUT2D eigenvalue weighted by Gasteiger charge is -2.44. The predicted molar refractivity (Wildman–Crippen MR) is 67.9 cm³/mol. The Morgan fingerprint density at radius 2 is 0.472 bits per heavy atom. The second-order valence-electron chi connectivity index (χ2n) is 7.05. The van der Waals surface area contributed by atoms with Gasteiger partial charge in [0.15, 0.2) is 0 Å². The average molecular weight is 590 g/mol. The zero-order chi connectivity index (χ0) is 29.6. The first-order valence-corrected chi connectivity index (χ1v) is 8.11. The van der Waals surface area contributed by atoms with Gasteiger partial charge in [0.2, 0.25) is 0 Å². The maximum atomic E-state index is 13.9. The lowest BCUT2D eigenvalue weighted by molar-refractivity contribution is -0.437. The van der Waals surface area contributed by atoms with Crippen LogP contribution in [0.3, 0.4) is 0 Å². The molecule has 0 atom stereocenters. The van der Waals surface area contributed by atoms with Crippen LogP contribution < -0.4 is 0 Å². The second-order valence-corrected chi connectivity index (χ2v) is 7.05. The van der Waals surface area contributed by atoms with Crippen LogP contribution in [0.2, 0.25) is 0 Å². The van der Waals surface area contributed by atoms with E-state index in [1.165, 1.54) is 0 Å². The third-order valence-corrected chi connectivity index (χ3v) is 4.83. The van der Waals surface area contributed by atoms with Crippen LogP contribution in [0.25, 0.3) is 0 Å². The number of rotatable bonds is 8. The molecule has 1 rings (SSSR count). The molecule has 0 spiro atoms. The quantitative estimate of drug-likeness (QED) is 0.197. The van der Waals surface area contributed by atoms with Crippen LogP contribution in [0.4, 0.5) is 96.6 Å². The molecule has 0 aromatic rings. The molecule has 0 aliphatic heterocycles. The van der Waals surface area contributed by atoms with Crippen LogP contribution in [0.1, 0.15) is 12.8 Å². The molecular formula is C14H4F22. The Hall–Kier alpha value is -1.80. The van der Waals surface area contributed by atoms with Gasteiger partial charge in [0.25, 0.3) is 0 Å². The summed E-state index contributed by atoms with van der Waals surface area (Å²) in [5.74, 6) is -63.9. The summed E-state index contributed by atoms with van der Waals surface area (Å²) in [5, 5.41) is 0. The summed E-state index contributed by atoms with van der Waals surface area (Å²) in [7, 11) is 0. The van der Waals surface area contributed by atoms with Gasteiger partial charge in [-0.05, 0) is 12.8 Å². The highest BCUT2D eigenvalue weighted by atomic mass is 19.4. The normalized spacial score (nSPS) is 18.5. The maximum Gasteiger partial charge on any atom is 0.460 e. The lowest BCUT2D eigenvalue weighted by Crippen LogP contribution is -2.70. The summed E-state index contributed by atoms with van der Waals surface area (Å²) in [6.07, 6.45) is -20.0. The van der Waals surface area contributed by atoms with E-state index in [1.54, 1.807) is 0 Å². The van der Waals surface area contributed by atoms with Gasteiger partial charge in [-0.1, -0.05) is 0 Å². The molecule has 0 aromatic carbocycles. The Morgan fingerprint density at radius 3 is 0.694 bits per heavy atom. The number of allylic oxidation sites excluding steroid dienone is 2. The minimum absolute atomic E-state index is 2.25. The smallest absolute Gasteiger partial charge is 0.194 e. The van der Waals surface area contributed by atoms with Crippen molar-refractivity contribution in [3.05, 3.63) is 11.1 Å². The van der Waals surface area contributed by atoms with Crippen LogP contribution >= 0.6 is 0 Å². The second kappa shape index (κ2) is 7.85. The lowest BCUT2D eigenvalue weighted by atomic mass is 9.75. The van der Waals surface area contributed by atoms with Gasteiger partial charge < -0.3 is 0 Å². The fourth-order valence-electron chi connectivity index (χ4n) is 2.59. The van der Waals surface area contributed by atoms with E-state index in [-0.39, 0.29) is 0 Å². The molecule has 0 saturated carbocycles. The third-order valence-electron chi connectivity index (χ3n) is 4.83. The van der Waals surface area contributed by atoms with E-state index in [9.17, 15) is 96.6 Å². The van der Waals surface area contributed by atoms with Gasteiger partial charge in [-0.15, -0.1) is 0 Å². The van der Waals surface area contributed by atoms with E-state index in [4.69, 9.17) is 0 Å². The molecule has 1 aliphatic rings. The Labute approximate surface area is 181 Å². The van der Waals surface area contributed by atoms with Gasteiger partial charge in [0, 0.05) is 11.1 Å². The molecule has 0 saturated heterocycles. The van der Waals surface area contributed by atoms with Crippen molar-refractivity contribution in [2.24, 2.45) is 0 Å². The molecule has 0 fully saturated rings. The van der Waals surface area contributed by atoms with Gasteiger partial charge >= 0.3 is 59.7 Å². The fraction of sp³-hybridized carbons (Fsp3) is 0.857. The topological polar surface area (TPSA) is 0 Å². The Bertz CT molecular complexity index is 879. The Balaban J connectivity index is 3.77. The van der Waals surface area contributed by atoms with E-state index >= 15 is 0 Å². The third kappa shape index (κ3) is 3.77. The highest BCUT2D eigenvalue weighted by molar-refractivity contribution is 5.40. The summed E-state index contributed by atoms with van der Waals surface area (Å²) in [6.45, 7) is 0.